The molecule has 0 radical (unpaired) electrons. The molecule has 2 atom stereocenters. The van der Waals surface area contributed by atoms with Crippen LogP contribution in [0.25, 0.3) is 0 Å². The molecule has 9 heteroatoms. The van der Waals surface area contributed by atoms with E-state index in [2.05, 4.69) is 12.2 Å². The third kappa shape index (κ3) is 4.10. The predicted molar refractivity (Wildman–Crippen MR) is 94.4 cm³/mol. The highest BCUT2D eigenvalue weighted by molar-refractivity contribution is 7.86. The second-order valence-electron chi connectivity index (χ2n) is 7.79. The Bertz CT molecular complexity index is 607. The Labute approximate surface area is 150 Å². The van der Waals surface area contributed by atoms with Gasteiger partial charge in [-0.05, 0) is 38.5 Å². The summed E-state index contributed by atoms with van der Waals surface area (Å²) in [5, 5.41) is 3.03. The first-order valence-corrected chi connectivity index (χ1v) is 10.5. The zero-order valence-electron chi connectivity index (χ0n) is 15.4. The van der Waals surface area contributed by atoms with Crippen LogP contribution < -0.4 is 5.32 Å². The predicted octanol–water partition coefficient (Wildman–Crippen LogP) is 0.468. The van der Waals surface area contributed by atoms with Gasteiger partial charge in [-0.15, -0.1) is 0 Å². The molecular weight excluding hydrogens is 344 g/mol. The summed E-state index contributed by atoms with van der Waals surface area (Å²) in [5.74, 6) is 0.554. The van der Waals surface area contributed by atoms with Gasteiger partial charge in [0.25, 0.3) is 10.2 Å². The fourth-order valence-corrected chi connectivity index (χ4v) is 4.96. The van der Waals surface area contributed by atoms with Crippen molar-refractivity contribution >= 4 is 16.2 Å². The lowest BCUT2D eigenvalue weighted by Gasteiger charge is -2.42. The molecule has 0 aromatic heterocycles. The van der Waals surface area contributed by atoms with Gasteiger partial charge >= 0.3 is 6.03 Å². The molecule has 3 rings (SSSR count). The molecule has 2 heterocycles. The number of hydrogen-bond donors (Lipinski definition) is 1. The van der Waals surface area contributed by atoms with Gasteiger partial charge in [0.15, 0.2) is 0 Å². The summed E-state index contributed by atoms with van der Waals surface area (Å²) in [6, 6.07) is -0.254. The Morgan fingerprint density at radius 1 is 1.24 bits per heavy atom. The molecule has 3 fully saturated rings. The minimum atomic E-state index is -3.43. The maximum Gasteiger partial charge on any atom is 0.317 e. The van der Waals surface area contributed by atoms with Gasteiger partial charge < -0.3 is 15.0 Å². The number of rotatable bonds is 4. The Hall–Kier alpha value is -0.900. The molecule has 1 unspecified atom stereocenters. The van der Waals surface area contributed by atoms with Crippen LogP contribution >= 0.6 is 0 Å². The van der Waals surface area contributed by atoms with E-state index in [0.717, 1.165) is 12.8 Å². The van der Waals surface area contributed by atoms with Crippen molar-refractivity contribution in [2.75, 3.05) is 46.9 Å². The number of hydrogen-bond acceptors (Lipinski definition) is 4. The second kappa shape index (κ2) is 7.02. The van der Waals surface area contributed by atoms with Gasteiger partial charge in [0.1, 0.15) is 0 Å². The molecule has 2 aliphatic heterocycles. The van der Waals surface area contributed by atoms with Crippen LogP contribution in [0, 0.1) is 5.92 Å². The third-order valence-corrected chi connectivity index (χ3v) is 7.43. The number of nitrogens with zero attached hydrogens (tertiary/aromatic N) is 3. The smallest absolute Gasteiger partial charge is 0.317 e. The van der Waals surface area contributed by atoms with Crippen molar-refractivity contribution in [3.63, 3.8) is 0 Å². The zero-order valence-corrected chi connectivity index (χ0v) is 16.2. The second-order valence-corrected chi connectivity index (χ2v) is 9.94. The highest BCUT2D eigenvalue weighted by Gasteiger charge is 2.46. The zero-order chi connectivity index (χ0) is 18.2. The Kier molecular flexibility index (Phi) is 5.30. The summed E-state index contributed by atoms with van der Waals surface area (Å²) in [7, 11) is -0.370. The molecule has 8 nitrogen and oxygen atoms in total. The fourth-order valence-electron chi connectivity index (χ4n) is 3.77. The van der Waals surface area contributed by atoms with E-state index in [-0.39, 0.29) is 17.7 Å². The lowest BCUT2D eigenvalue weighted by molar-refractivity contribution is -0.0990. The van der Waals surface area contributed by atoms with Gasteiger partial charge in [0.05, 0.1) is 18.8 Å². The minimum Gasteiger partial charge on any atom is -0.371 e. The van der Waals surface area contributed by atoms with Crippen molar-refractivity contribution in [3.8, 4) is 0 Å². The van der Waals surface area contributed by atoms with Crippen LogP contribution in [0.3, 0.4) is 0 Å². The molecule has 3 aliphatic rings. The number of ether oxygens (including phenoxy) is 1. The normalized spacial score (nSPS) is 32.0. The molecule has 0 bridgehead atoms. The number of carbonyl (C=O) groups is 1. The molecule has 25 heavy (non-hydrogen) atoms. The average Bonchev–Trinajstić information content (AvgIpc) is 3.40. The average molecular weight is 375 g/mol. The van der Waals surface area contributed by atoms with E-state index in [1.807, 2.05) is 4.90 Å². The first-order valence-electron chi connectivity index (χ1n) is 9.09. The first-order chi connectivity index (χ1) is 11.7. The van der Waals surface area contributed by atoms with Crippen LogP contribution in [-0.2, 0) is 14.9 Å². The molecule has 0 aromatic carbocycles. The van der Waals surface area contributed by atoms with E-state index >= 15 is 0 Å². The number of nitrogens with one attached hydrogen (secondary N) is 1. The molecule has 0 aromatic rings. The molecule has 2 saturated heterocycles. The van der Waals surface area contributed by atoms with E-state index in [9.17, 15) is 13.2 Å². The number of urea groups is 1. The van der Waals surface area contributed by atoms with E-state index in [4.69, 9.17) is 4.74 Å². The van der Waals surface area contributed by atoms with Gasteiger partial charge in [-0.25, -0.2) is 4.79 Å². The van der Waals surface area contributed by atoms with E-state index in [0.29, 0.717) is 38.7 Å². The lowest BCUT2D eigenvalue weighted by atomic mass is 9.98. The Balaban J connectivity index is 1.57. The van der Waals surface area contributed by atoms with Crippen LogP contribution in [0.1, 0.15) is 32.6 Å². The third-order valence-electron chi connectivity index (χ3n) is 5.53. The van der Waals surface area contributed by atoms with Crippen molar-refractivity contribution < 1.29 is 17.9 Å². The van der Waals surface area contributed by atoms with Crippen molar-refractivity contribution in [2.24, 2.45) is 5.92 Å². The minimum absolute atomic E-state index is 0.107. The highest BCUT2D eigenvalue weighted by atomic mass is 32.2. The largest absolute Gasteiger partial charge is 0.371 e. The van der Waals surface area contributed by atoms with E-state index in [1.165, 1.54) is 35.5 Å². The molecule has 2 amide bonds. The van der Waals surface area contributed by atoms with Gasteiger partial charge in [0.2, 0.25) is 0 Å². The maximum absolute atomic E-state index is 12.7. The first kappa shape index (κ1) is 18.9. The number of piperidine rings is 1. The van der Waals surface area contributed by atoms with Crippen LogP contribution in [-0.4, -0.2) is 86.5 Å². The van der Waals surface area contributed by atoms with E-state index < -0.39 is 10.2 Å². The molecule has 0 spiro atoms. The van der Waals surface area contributed by atoms with Crippen molar-refractivity contribution in [2.45, 2.75) is 44.2 Å². The summed E-state index contributed by atoms with van der Waals surface area (Å²) in [5.41, 5.74) is -0.234. The van der Waals surface area contributed by atoms with Crippen LogP contribution in [0.4, 0.5) is 4.79 Å². The summed E-state index contributed by atoms with van der Waals surface area (Å²) in [4.78, 5) is 14.5. The lowest BCUT2D eigenvalue weighted by Crippen LogP contribution is -2.59. The van der Waals surface area contributed by atoms with Gasteiger partial charge in [-0.2, -0.15) is 17.0 Å². The van der Waals surface area contributed by atoms with Gasteiger partial charge in [-0.3, -0.25) is 0 Å². The maximum atomic E-state index is 12.7. The molecule has 1 saturated carbocycles. The molecule has 1 aliphatic carbocycles. The van der Waals surface area contributed by atoms with Crippen molar-refractivity contribution in [1.82, 2.24) is 18.8 Å². The van der Waals surface area contributed by atoms with E-state index in [1.54, 1.807) is 0 Å². The van der Waals surface area contributed by atoms with Gasteiger partial charge in [0, 0.05) is 39.8 Å². The van der Waals surface area contributed by atoms with Crippen molar-refractivity contribution in [3.05, 3.63) is 0 Å². The van der Waals surface area contributed by atoms with Crippen LogP contribution in [0.5, 0.6) is 0 Å². The quantitative estimate of drug-likeness (QED) is 0.775. The summed E-state index contributed by atoms with van der Waals surface area (Å²) >= 11 is 0. The number of carbonyl (C=O) groups excluding carboxylic acids is 1. The Morgan fingerprint density at radius 3 is 2.60 bits per heavy atom. The highest BCUT2D eigenvalue weighted by Crippen LogP contribution is 2.43. The summed E-state index contributed by atoms with van der Waals surface area (Å²) in [6.45, 7) is 4.68. The van der Waals surface area contributed by atoms with Crippen molar-refractivity contribution in [1.29, 1.82) is 0 Å². The molecular formula is C16H30N4O4S. The Morgan fingerprint density at radius 2 is 1.96 bits per heavy atom. The molecule has 1 N–H and O–H groups in total. The monoisotopic (exact) mass is 374 g/mol. The topological polar surface area (TPSA) is 82.2 Å². The number of amides is 2. The standard InChI is InChI=1S/C16H30N4O4S/c1-16(13-6-7-13)12-19(9-10-24-16)15(21)17-14-5-4-8-20(11-14)25(22,23)18(2)3/h13-14H,4-12H2,1-3H3,(H,17,21)/t14-,16?/m1/s1. The van der Waals surface area contributed by atoms with Crippen LogP contribution in [0.2, 0.25) is 0 Å². The SMILES string of the molecule is CN(C)S(=O)(=O)N1CCC[C@@H](NC(=O)N2CCOC(C)(C3CC3)C2)C1. The fraction of sp³-hybridized carbons (Fsp3) is 0.938. The number of morpholine rings is 1. The summed E-state index contributed by atoms with van der Waals surface area (Å²) < 4.78 is 33.2. The van der Waals surface area contributed by atoms with Crippen LogP contribution in [0.15, 0.2) is 0 Å². The van der Waals surface area contributed by atoms with Gasteiger partial charge in [-0.1, -0.05) is 0 Å². The molecule has 144 valence electrons. The summed E-state index contributed by atoms with van der Waals surface area (Å²) in [6.07, 6.45) is 3.90.